The first-order valence-corrected chi connectivity index (χ1v) is 4.98. The van der Waals surface area contributed by atoms with E-state index in [1.807, 2.05) is 12.1 Å². The summed E-state index contributed by atoms with van der Waals surface area (Å²) in [6, 6.07) is 5.33. The van der Waals surface area contributed by atoms with Crippen molar-refractivity contribution in [3.05, 3.63) is 46.5 Å². The first-order chi connectivity index (χ1) is 7.25. The van der Waals surface area contributed by atoms with Crippen LogP contribution in [0.2, 0.25) is 10.0 Å². The molecule has 1 heterocycles. The van der Waals surface area contributed by atoms with Crippen LogP contribution in [0.3, 0.4) is 0 Å². The molecule has 0 saturated carbocycles. The molecule has 76 valence electrons. The highest BCUT2D eigenvalue weighted by molar-refractivity contribution is 6.35. The molecule has 0 spiro atoms. The molecule has 1 aromatic heterocycles. The SMILES string of the molecule is Clc1ccc(/C=C/n2cncn2)c(Cl)c1. The second-order valence-electron chi connectivity index (χ2n) is 2.86. The van der Waals surface area contributed by atoms with Gasteiger partial charge in [-0.25, -0.2) is 9.67 Å². The van der Waals surface area contributed by atoms with Gasteiger partial charge in [-0.3, -0.25) is 0 Å². The van der Waals surface area contributed by atoms with Crippen LogP contribution in [0.15, 0.2) is 30.9 Å². The van der Waals surface area contributed by atoms with E-state index in [4.69, 9.17) is 23.2 Å². The van der Waals surface area contributed by atoms with Crippen LogP contribution in [0.4, 0.5) is 0 Å². The minimum atomic E-state index is 0.610. The number of halogens is 2. The van der Waals surface area contributed by atoms with Gasteiger partial charge < -0.3 is 0 Å². The fourth-order valence-corrected chi connectivity index (χ4v) is 1.56. The Morgan fingerprint density at radius 2 is 2.13 bits per heavy atom. The van der Waals surface area contributed by atoms with Gasteiger partial charge in [0.1, 0.15) is 12.7 Å². The Balaban J connectivity index is 2.24. The van der Waals surface area contributed by atoms with E-state index < -0.39 is 0 Å². The summed E-state index contributed by atoms with van der Waals surface area (Å²) in [5.41, 5.74) is 0.886. The molecule has 0 aliphatic heterocycles. The van der Waals surface area contributed by atoms with E-state index in [0.717, 1.165) is 5.56 Å². The van der Waals surface area contributed by atoms with E-state index in [0.29, 0.717) is 10.0 Å². The largest absolute Gasteiger partial charge is 0.228 e. The minimum absolute atomic E-state index is 0.610. The van der Waals surface area contributed by atoms with Gasteiger partial charge in [-0.05, 0) is 23.8 Å². The topological polar surface area (TPSA) is 30.7 Å². The highest BCUT2D eigenvalue weighted by atomic mass is 35.5. The first-order valence-electron chi connectivity index (χ1n) is 4.23. The molecule has 2 rings (SSSR count). The van der Waals surface area contributed by atoms with Gasteiger partial charge in [-0.2, -0.15) is 5.10 Å². The molecule has 0 bridgehead atoms. The summed E-state index contributed by atoms with van der Waals surface area (Å²) < 4.78 is 1.59. The summed E-state index contributed by atoms with van der Waals surface area (Å²) >= 11 is 11.8. The van der Waals surface area contributed by atoms with E-state index >= 15 is 0 Å². The lowest BCUT2D eigenvalue weighted by Gasteiger charge is -1.98. The van der Waals surface area contributed by atoms with Crippen molar-refractivity contribution in [1.82, 2.24) is 14.8 Å². The number of hydrogen-bond donors (Lipinski definition) is 0. The second-order valence-corrected chi connectivity index (χ2v) is 3.70. The summed E-state index contributed by atoms with van der Waals surface area (Å²) in [4.78, 5) is 3.82. The molecule has 0 aliphatic carbocycles. The van der Waals surface area contributed by atoms with Crippen LogP contribution in [-0.2, 0) is 0 Å². The summed E-state index contributed by atoms with van der Waals surface area (Å²) in [6.07, 6.45) is 6.67. The first kappa shape index (κ1) is 10.2. The van der Waals surface area contributed by atoms with Gasteiger partial charge in [0.2, 0.25) is 0 Å². The molecule has 2 aromatic rings. The van der Waals surface area contributed by atoms with Gasteiger partial charge >= 0.3 is 0 Å². The van der Waals surface area contributed by atoms with Gasteiger partial charge in [0.25, 0.3) is 0 Å². The Bertz CT molecular complexity index is 477. The molecule has 0 atom stereocenters. The monoisotopic (exact) mass is 239 g/mol. The van der Waals surface area contributed by atoms with Crippen LogP contribution in [0.5, 0.6) is 0 Å². The molecule has 0 unspecified atom stereocenters. The van der Waals surface area contributed by atoms with Crippen LogP contribution in [0, 0.1) is 0 Å². The second kappa shape index (κ2) is 4.47. The van der Waals surface area contributed by atoms with Gasteiger partial charge in [-0.15, -0.1) is 0 Å². The average Bonchev–Trinajstić information content (AvgIpc) is 2.69. The summed E-state index contributed by atoms with van der Waals surface area (Å²) in [6.45, 7) is 0. The summed E-state index contributed by atoms with van der Waals surface area (Å²) in [5.74, 6) is 0. The Morgan fingerprint density at radius 3 is 2.80 bits per heavy atom. The molecule has 0 N–H and O–H groups in total. The van der Waals surface area contributed by atoms with Gasteiger partial charge in [0.15, 0.2) is 0 Å². The molecular formula is C10H7Cl2N3. The minimum Gasteiger partial charge on any atom is -0.228 e. The number of benzene rings is 1. The molecule has 0 saturated heterocycles. The van der Waals surface area contributed by atoms with Gasteiger partial charge in [0, 0.05) is 16.2 Å². The van der Waals surface area contributed by atoms with Crippen LogP contribution in [-0.4, -0.2) is 14.8 Å². The lowest BCUT2D eigenvalue weighted by molar-refractivity contribution is 0.937. The smallest absolute Gasteiger partial charge is 0.138 e. The molecule has 0 aliphatic rings. The Morgan fingerprint density at radius 1 is 1.27 bits per heavy atom. The predicted octanol–water partition coefficient (Wildman–Crippen LogP) is 3.21. The molecule has 15 heavy (non-hydrogen) atoms. The molecule has 0 radical (unpaired) electrons. The zero-order valence-electron chi connectivity index (χ0n) is 7.64. The van der Waals surface area contributed by atoms with E-state index in [2.05, 4.69) is 10.1 Å². The van der Waals surface area contributed by atoms with Crippen molar-refractivity contribution in [2.75, 3.05) is 0 Å². The average molecular weight is 240 g/mol. The predicted molar refractivity (Wildman–Crippen MR) is 61.7 cm³/mol. The lowest BCUT2D eigenvalue weighted by atomic mass is 10.2. The maximum absolute atomic E-state index is 5.99. The van der Waals surface area contributed by atoms with E-state index in [1.54, 1.807) is 29.3 Å². The molecule has 0 fully saturated rings. The fraction of sp³-hybridized carbons (Fsp3) is 0. The summed E-state index contributed by atoms with van der Waals surface area (Å²) in [7, 11) is 0. The zero-order valence-corrected chi connectivity index (χ0v) is 9.15. The van der Waals surface area contributed by atoms with Crippen molar-refractivity contribution in [2.24, 2.45) is 0 Å². The van der Waals surface area contributed by atoms with Crippen molar-refractivity contribution in [3.63, 3.8) is 0 Å². The molecule has 0 amide bonds. The van der Waals surface area contributed by atoms with Crippen LogP contribution >= 0.6 is 23.2 Å². The fourth-order valence-electron chi connectivity index (χ4n) is 1.09. The third-order valence-corrected chi connectivity index (χ3v) is 2.37. The zero-order chi connectivity index (χ0) is 10.7. The maximum Gasteiger partial charge on any atom is 0.138 e. The van der Waals surface area contributed by atoms with Gasteiger partial charge in [0.05, 0.1) is 0 Å². The molecular weight excluding hydrogens is 233 g/mol. The van der Waals surface area contributed by atoms with Crippen molar-refractivity contribution in [3.8, 4) is 0 Å². The van der Waals surface area contributed by atoms with Gasteiger partial charge in [-0.1, -0.05) is 29.3 Å². The van der Waals surface area contributed by atoms with E-state index in [9.17, 15) is 0 Å². The molecule has 5 heteroatoms. The highest BCUT2D eigenvalue weighted by Gasteiger charge is 1.96. The van der Waals surface area contributed by atoms with E-state index in [-0.39, 0.29) is 0 Å². The summed E-state index contributed by atoms with van der Waals surface area (Å²) in [5, 5.41) is 5.16. The molecule has 1 aromatic carbocycles. The molecule has 3 nitrogen and oxygen atoms in total. The van der Waals surface area contributed by atoms with Crippen LogP contribution in [0.1, 0.15) is 5.56 Å². The Labute approximate surface area is 97.0 Å². The number of hydrogen-bond acceptors (Lipinski definition) is 2. The third-order valence-electron chi connectivity index (χ3n) is 1.81. The number of nitrogens with zero attached hydrogens (tertiary/aromatic N) is 3. The third kappa shape index (κ3) is 2.58. The normalized spacial score (nSPS) is 11.1. The number of rotatable bonds is 2. The van der Waals surface area contributed by atoms with Crippen molar-refractivity contribution >= 4 is 35.5 Å². The lowest BCUT2D eigenvalue weighted by Crippen LogP contribution is -1.84. The Kier molecular flexibility index (Phi) is 3.04. The Hall–Kier alpha value is -1.32. The van der Waals surface area contributed by atoms with Crippen molar-refractivity contribution in [1.29, 1.82) is 0 Å². The highest BCUT2D eigenvalue weighted by Crippen LogP contribution is 2.22. The van der Waals surface area contributed by atoms with Crippen molar-refractivity contribution < 1.29 is 0 Å². The van der Waals surface area contributed by atoms with E-state index in [1.165, 1.54) is 6.33 Å². The van der Waals surface area contributed by atoms with Crippen LogP contribution in [0.25, 0.3) is 12.3 Å². The standard InChI is InChI=1S/C10H7Cl2N3/c11-9-2-1-8(10(12)5-9)3-4-15-7-13-6-14-15/h1-7H/b4-3+. The maximum atomic E-state index is 5.99. The number of aromatic nitrogens is 3. The quantitative estimate of drug-likeness (QED) is 0.806. The van der Waals surface area contributed by atoms with Crippen molar-refractivity contribution in [2.45, 2.75) is 0 Å². The van der Waals surface area contributed by atoms with Crippen LogP contribution < -0.4 is 0 Å².